The zero-order valence-electron chi connectivity index (χ0n) is 15.3. The van der Waals surface area contributed by atoms with Crippen LogP contribution >= 0.6 is 11.3 Å². The van der Waals surface area contributed by atoms with Gasteiger partial charge in [0.2, 0.25) is 0 Å². The van der Waals surface area contributed by atoms with Crippen LogP contribution in [-0.2, 0) is 4.79 Å². The predicted octanol–water partition coefficient (Wildman–Crippen LogP) is 5.48. The summed E-state index contributed by atoms with van der Waals surface area (Å²) >= 11 is 1.42. The number of benzene rings is 3. The van der Waals surface area contributed by atoms with Crippen molar-refractivity contribution in [2.75, 3.05) is 12.4 Å². The monoisotopic (exact) mass is 386 g/mol. The van der Waals surface area contributed by atoms with E-state index in [9.17, 15) is 4.79 Å². The maximum absolute atomic E-state index is 13.1. The first kappa shape index (κ1) is 17.9. The molecule has 1 heterocycles. The van der Waals surface area contributed by atoms with Gasteiger partial charge in [-0.05, 0) is 35.4 Å². The van der Waals surface area contributed by atoms with E-state index >= 15 is 0 Å². The number of methoxy groups -OCH3 is 1. The van der Waals surface area contributed by atoms with Crippen molar-refractivity contribution in [1.29, 1.82) is 0 Å². The molecule has 0 aliphatic carbocycles. The number of hydrogen-bond acceptors (Lipinski definition) is 4. The summed E-state index contributed by atoms with van der Waals surface area (Å²) in [5.74, 6) is 0.573. The smallest absolute Gasteiger partial charge is 0.258 e. The molecule has 0 spiro atoms. The Morgan fingerprint density at radius 3 is 2.43 bits per heavy atom. The zero-order valence-corrected chi connectivity index (χ0v) is 16.1. The van der Waals surface area contributed by atoms with Crippen molar-refractivity contribution in [2.24, 2.45) is 0 Å². The van der Waals surface area contributed by atoms with Gasteiger partial charge in [0, 0.05) is 5.57 Å². The van der Waals surface area contributed by atoms with E-state index in [1.807, 2.05) is 84.9 Å². The number of ether oxygens (including phenoxy) is 1. The Hall–Kier alpha value is -3.44. The summed E-state index contributed by atoms with van der Waals surface area (Å²) in [7, 11) is 1.63. The predicted molar refractivity (Wildman–Crippen MR) is 116 cm³/mol. The Labute approximate surface area is 167 Å². The van der Waals surface area contributed by atoms with Gasteiger partial charge in [-0.2, -0.15) is 0 Å². The number of thiazole rings is 1. The molecule has 0 saturated carbocycles. The highest BCUT2D eigenvalue weighted by Gasteiger charge is 2.15. The summed E-state index contributed by atoms with van der Waals surface area (Å²) in [6, 6.07) is 25.1. The molecule has 28 heavy (non-hydrogen) atoms. The molecule has 0 fully saturated rings. The molecular weight excluding hydrogens is 368 g/mol. The molecule has 0 atom stereocenters. The van der Waals surface area contributed by atoms with Crippen LogP contribution in [0.15, 0.2) is 78.9 Å². The normalized spacial score (nSPS) is 11.4. The van der Waals surface area contributed by atoms with E-state index in [1.54, 1.807) is 7.11 Å². The van der Waals surface area contributed by atoms with Gasteiger partial charge in [0.1, 0.15) is 5.75 Å². The lowest BCUT2D eigenvalue weighted by atomic mass is 10.0. The van der Waals surface area contributed by atoms with Crippen molar-refractivity contribution in [2.45, 2.75) is 0 Å². The van der Waals surface area contributed by atoms with Crippen LogP contribution in [0.25, 0.3) is 21.9 Å². The summed E-state index contributed by atoms with van der Waals surface area (Å²) in [4.78, 5) is 17.6. The molecule has 4 rings (SSSR count). The highest BCUT2D eigenvalue weighted by molar-refractivity contribution is 7.22. The van der Waals surface area contributed by atoms with E-state index in [-0.39, 0.29) is 5.91 Å². The van der Waals surface area contributed by atoms with Gasteiger partial charge < -0.3 is 4.74 Å². The molecule has 1 aromatic heterocycles. The Morgan fingerprint density at radius 1 is 1.00 bits per heavy atom. The highest BCUT2D eigenvalue weighted by Crippen LogP contribution is 2.30. The second kappa shape index (κ2) is 8.06. The number of hydrogen-bond donors (Lipinski definition) is 1. The molecule has 0 radical (unpaired) electrons. The van der Waals surface area contributed by atoms with Crippen LogP contribution in [0.4, 0.5) is 5.13 Å². The summed E-state index contributed by atoms with van der Waals surface area (Å²) in [5.41, 5.74) is 3.23. The number of amides is 1. The minimum atomic E-state index is -0.193. The van der Waals surface area contributed by atoms with E-state index in [4.69, 9.17) is 4.74 Å². The molecule has 4 aromatic rings. The number of aromatic nitrogens is 1. The van der Waals surface area contributed by atoms with E-state index in [0.29, 0.717) is 10.7 Å². The topological polar surface area (TPSA) is 51.2 Å². The molecule has 0 saturated heterocycles. The van der Waals surface area contributed by atoms with Gasteiger partial charge in [0.05, 0.1) is 17.3 Å². The molecule has 0 aliphatic heterocycles. The minimum Gasteiger partial charge on any atom is -0.497 e. The van der Waals surface area contributed by atoms with E-state index < -0.39 is 0 Å². The van der Waals surface area contributed by atoms with E-state index in [1.165, 1.54) is 11.3 Å². The molecule has 4 nitrogen and oxygen atoms in total. The first-order valence-electron chi connectivity index (χ1n) is 8.81. The highest BCUT2D eigenvalue weighted by atomic mass is 32.1. The van der Waals surface area contributed by atoms with Gasteiger partial charge in [0.15, 0.2) is 5.13 Å². The lowest BCUT2D eigenvalue weighted by Gasteiger charge is -2.08. The number of carbonyl (C=O) groups excluding carboxylic acids is 1. The number of rotatable bonds is 5. The van der Waals surface area contributed by atoms with Crippen LogP contribution in [0.1, 0.15) is 11.1 Å². The molecular formula is C23H18N2O2S. The molecule has 5 heteroatoms. The summed E-state index contributed by atoms with van der Waals surface area (Å²) < 4.78 is 6.22. The van der Waals surface area contributed by atoms with Gasteiger partial charge in [-0.25, -0.2) is 4.98 Å². The zero-order chi connectivity index (χ0) is 19.3. The fourth-order valence-corrected chi connectivity index (χ4v) is 3.75. The quantitative estimate of drug-likeness (QED) is 0.365. The number of fused-ring (bicyclic) bond motifs is 1. The van der Waals surface area contributed by atoms with Gasteiger partial charge >= 0.3 is 0 Å². The standard InChI is InChI=1S/C23H18N2O2S/c1-27-18-12-13-20-21(15-18)28-23(24-20)25-22(26)19(17-10-6-3-7-11-17)14-16-8-4-2-5-9-16/h2-15H,1H3,(H,24,25,26). The number of anilines is 1. The molecule has 1 amide bonds. The maximum Gasteiger partial charge on any atom is 0.258 e. The minimum absolute atomic E-state index is 0.193. The van der Waals surface area contributed by atoms with Gasteiger partial charge in [-0.15, -0.1) is 0 Å². The number of nitrogens with zero attached hydrogens (tertiary/aromatic N) is 1. The largest absolute Gasteiger partial charge is 0.497 e. The third kappa shape index (κ3) is 3.94. The molecule has 0 bridgehead atoms. The lowest BCUT2D eigenvalue weighted by molar-refractivity contribution is -0.111. The lowest BCUT2D eigenvalue weighted by Crippen LogP contribution is -2.13. The van der Waals surface area contributed by atoms with Gasteiger partial charge in [-0.3, -0.25) is 10.1 Å². The SMILES string of the molecule is COc1ccc2nc(NC(=O)C(=Cc3ccccc3)c3ccccc3)sc2c1. The second-order valence-corrected chi connectivity index (χ2v) is 7.17. The average Bonchev–Trinajstić information content (AvgIpc) is 3.14. The fourth-order valence-electron chi connectivity index (χ4n) is 2.86. The molecule has 3 aromatic carbocycles. The van der Waals surface area contributed by atoms with Crippen molar-refractivity contribution in [3.05, 3.63) is 90.0 Å². The van der Waals surface area contributed by atoms with Gasteiger partial charge in [-0.1, -0.05) is 72.0 Å². The van der Waals surface area contributed by atoms with Crippen LogP contribution in [0.3, 0.4) is 0 Å². The second-order valence-electron chi connectivity index (χ2n) is 6.14. The van der Waals surface area contributed by atoms with Crippen LogP contribution < -0.4 is 10.1 Å². The van der Waals surface area contributed by atoms with E-state index in [0.717, 1.165) is 27.1 Å². The first-order chi connectivity index (χ1) is 13.7. The van der Waals surface area contributed by atoms with Crippen LogP contribution in [0.5, 0.6) is 5.75 Å². The summed E-state index contributed by atoms with van der Waals surface area (Å²) in [5, 5.41) is 3.51. The van der Waals surface area contributed by atoms with E-state index in [2.05, 4.69) is 10.3 Å². The Kier molecular flexibility index (Phi) is 5.17. The van der Waals surface area contributed by atoms with Crippen molar-refractivity contribution in [3.63, 3.8) is 0 Å². The molecule has 0 unspecified atom stereocenters. The van der Waals surface area contributed by atoms with Crippen LogP contribution in [0.2, 0.25) is 0 Å². The third-order valence-electron chi connectivity index (χ3n) is 4.26. The fraction of sp³-hybridized carbons (Fsp3) is 0.0435. The number of nitrogens with one attached hydrogen (secondary N) is 1. The summed E-state index contributed by atoms with van der Waals surface area (Å²) in [6.45, 7) is 0. The maximum atomic E-state index is 13.1. The van der Waals surface area contributed by atoms with Crippen molar-refractivity contribution < 1.29 is 9.53 Å². The first-order valence-corrected chi connectivity index (χ1v) is 9.63. The van der Waals surface area contributed by atoms with Crippen molar-refractivity contribution >= 4 is 44.2 Å². The van der Waals surface area contributed by atoms with Gasteiger partial charge in [0.25, 0.3) is 5.91 Å². The summed E-state index contributed by atoms with van der Waals surface area (Å²) in [6.07, 6.45) is 1.89. The Balaban J connectivity index is 1.67. The average molecular weight is 386 g/mol. The molecule has 0 aliphatic rings. The Bertz CT molecular complexity index is 1140. The van der Waals surface area contributed by atoms with Crippen molar-refractivity contribution in [3.8, 4) is 5.75 Å². The third-order valence-corrected chi connectivity index (χ3v) is 5.19. The number of carbonyl (C=O) groups is 1. The van der Waals surface area contributed by atoms with Crippen LogP contribution in [0, 0.1) is 0 Å². The Morgan fingerprint density at radius 2 is 1.71 bits per heavy atom. The molecule has 138 valence electrons. The van der Waals surface area contributed by atoms with Crippen molar-refractivity contribution in [1.82, 2.24) is 4.98 Å². The van der Waals surface area contributed by atoms with Crippen LogP contribution in [-0.4, -0.2) is 18.0 Å². The molecule has 1 N–H and O–H groups in total.